The second-order valence-electron chi connectivity index (χ2n) is 4.94. The lowest BCUT2D eigenvalue weighted by Gasteiger charge is -2.42. The normalized spacial score (nSPS) is 34.6. The maximum Gasteiger partial charge on any atom is 0.240 e. The highest BCUT2D eigenvalue weighted by Gasteiger charge is 2.46. The van der Waals surface area contributed by atoms with Crippen LogP contribution < -0.4 is 0 Å². The molecule has 0 spiro atoms. The van der Waals surface area contributed by atoms with Crippen molar-refractivity contribution in [1.82, 2.24) is 4.90 Å². The number of carbonyl (C=O) groups excluding carboxylic acids is 2. The minimum atomic E-state index is -0.859. The minimum absolute atomic E-state index is 0.192. The summed E-state index contributed by atoms with van der Waals surface area (Å²) in [5.41, 5.74) is -0.859. The summed E-state index contributed by atoms with van der Waals surface area (Å²) in [6.45, 7) is 2.15. The predicted octanol–water partition coefficient (Wildman–Crippen LogP) is 1.56. The van der Waals surface area contributed by atoms with E-state index in [4.69, 9.17) is 0 Å². The maximum atomic E-state index is 11.9. The van der Waals surface area contributed by atoms with Gasteiger partial charge in [0.1, 0.15) is 5.54 Å². The summed E-state index contributed by atoms with van der Waals surface area (Å²) in [6, 6.07) is 2.24. The molecule has 1 saturated heterocycles. The fraction of sp³-hybridized carbons (Fsp3) is 0.750. The number of nitrogens with zero attached hydrogens (tertiary/aromatic N) is 2. The average molecular weight is 252 g/mol. The second kappa shape index (κ2) is 4.69. The van der Waals surface area contributed by atoms with Crippen LogP contribution in [-0.2, 0) is 9.59 Å². The first-order valence-corrected chi connectivity index (χ1v) is 7.09. The first-order chi connectivity index (χ1) is 8.09. The lowest BCUT2D eigenvalue weighted by molar-refractivity contribution is -0.149. The zero-order valence-corrected chi connectivity index (χ0v) is 10.8. The summed E-state index contributed by atoms with van der Waals surface area (Å²) in [5, 5.41) is 9.41. The molecule has 4 nitrogen and oxygen atoms in total. The number of nitriles is 1. The highest BCUT2D eigenvalue weighted by Crippen LogP contribution is 2.37. The molecule has 5 heteroatoms. The summed E-state index contributed by atoms with van der Waals surface area (Å²) in [4.78, 5) is 25.0. The lowest BCUT2D eigenvalue weighted by Crippen LogP contribution is -2.58. The van der Waals surface area contributed by atoms with E-state index in [2.05, 4.69) is 13.0 Å². The Kier molecular flexibility index (Phi) is 3.43. The molecule has 2 aliphatic rings. The van der Waals surface area contributed by atoms with E-state index in [1.54, 1.807) is 0 Å². The van der Waals surface area contributed by atoms with Crippen molar-refractivity contribution in [2.24, 2.45) is 5.92 Å². The molecule has 0 bridgehead atoms. The lowest BCUT2D eigenvalue weighted by atomic mass is 9.76. The Hall–Kier alpha value is -1.02. The van der Waals surface area contributed by atoms with E-state index in [1.807, 2.05) is 0 Å². The first-order valence-electron chi connectivity index (χ1n) is 5.94. The van der Waals surface area contributed by atoms with Gasteiger partial charge in [-0.05, 0) is 31.6 Å². The van der Waals surface area contributed by atoms with E-state index in [1.165, 1.54) is 16.7 Å². The summed E-state index contributed by atoms with van der Waals surface area (Å²) in [7, 11) is 0. The Balaban J connectivity index is 2.25. The third-order valence-corrected chi connectivity index (χ3v) is 4.59. The van der Waals surface area contributed by atoms with Gasteiger partial charge in [0, 0.05) is 0 Å². The van der Waals surface area contributed by atoms with E-state index >= 15 is 0 Å². The van der Waals surface area contributed by atoms with E-state index in [0.717, 1.165) is 12.8 Å². The average Bonchev–Trinajstić information content (AvgIpc) is 2.32. The molecule has 1 aliphatic carbocycles. The molecule has 1 aliphatic heterocycles. The van der Waals surface area contributed by atoms with Crippen LogP contribution in [0.1, 0.15) is 32.6 Å². The monoisotopic (exact) mass is 252 g/mol. The van der Waals surface area contributed by atoms with Crippen molar-refractivity contribution in [2.75, 3.05) is 11.5 Å². The molecule has 0 aromatic rings. The van der Waals surface area contributed by atoms with Crippen LogP contribution in [0.4, 0.5) is 0 Å². The van der Waals surface area contributed by atoms with Crippen LogP contribution in [0.3, 0.4) is 0 Å². The molecule has 92 valence electrons. The summed E-state index contributed by atoms with van der Waals surface area (Å²) >= 11 is 1.34. The maximum absolute atomic E-state index is 11.9. The smallest absolute Gasteiger partial charge is 0.240 e. The number of imide groups is 1. The fourth-order valence-corrected chi connectivity index (χ4v) is 3.31. The number of thioether (sulfide) groups is 1. The van der Waals surface area contributed by atoms with Gasteiger partial charge in [0.15, 0.2) is 0 Å². The molecule has 0 radical (unpaired) electrons. The fourth-order valence-electron chi connectivity index (χ4n) is 2.60. The van der Waals surface area contributed by atoms with Crippen LogP contribution in [0.25, 0.3) is 0 Å². The van der Waals surface area contributed by atoms with Crippen LogP contribution in [0.2, 0.25) is 0 Å². The Morgan fingerprint density at radius 3 is 2.29 bits per heavy atom. The molecular formula is C12H16N2O2S. The predicted molar refractivity (Wildman–Crippen MR) is 65.2 cm³/mol. The molecule has 0 aromatic carbocycles. The summed E-state index contributed by atoms with van der Waals surface area (Å²) in [5.74, 6) is 0.848. The third-order valence-electron chi connectivity index (χ3n) is 3.69. The van der Waals surface area contributed by atoms with Crippen molar-refractivity contribution in [3.05, 3.63) is 0 Å². The molecule has 0 N–H and O–H groups in total. The van der Waals surface area contributed by atoms with Crippen molar-refractivity contribution in [3.8, 4) is 6.07 Å². The molecule has 0 aromatic heterocycles. The van der Waals surface area contributed by atoms with Gasteiger partial charge in [0.05, 0.1) is 17.6 Å². The highest BCUT2D eigenvalue weighted by molar-refractivity contribution is 8.00. The van der Waals surface area contributed by atoms with Gasteiger partial charge in [-0.15, -0.1) is 11.8 Å². The second-order valence-corrected chi connectivity index (χ2v) is 5.93. The van der Waals surface area contributed by atoms with Crippen LogP contribution >= 0.6 is 11.8 Å². The Labute approximate surface area is 105 Å². The molecule has 0 atom stereocenters. The van der Waals surface area contributed by atoms with Crippen molar-refractivity contribution in [3.63, 3.8) is 0 Å². The third kappa shape index (κ3) is 2.19. The van der Waals surface area contributed by atoms with E-state index in [0.29, 0.717) is 30.3 Å². The van der Waals surface area contributed by atoms with Crippen LogP contribution in [0.5, 0.6) is 0 Å². The van der Waals surface area contributed by atoms with Crippen molar-refractivity contribution in [1.29, 1.82) is 5.26 Å². The molecule has 17 heavy (non-hydrogen) atoms. The summed E-state index contributed by atoms with van der Waals surface area (Å²) < 4.78 is 0. The van der Waals surface area contributed by atoms with Gasteiger partial charge in [-0.2, -0.15) is 5.26 Å². The van der Waals surface area contributed by atoms with Crippen molar-refractivity contribution < 1.29 is 9.59 Å². The van der Waals surface area contributed by atoms with Crippen molar-refractivity contribution >= 4 is 23.6 Å². The topological polar surface area (TPSA) is 61.2 Å². The molecule has 0 unspecified atom stereocenters. The number of amides is 2. The Morgan fingerprint density at radius 2 is 1.82 bits per heavy atom. The zero-order chi connectivity index (χ0) is 12.5. The van der Waals surface area contributed by atoms with Gasteiger partial charge in [-0.25, -0.2) is 0 Å². The number of carbonyl (C=O) groups is 2. The minimum Gasteiger partial charge on any atom is -0.273 e. The SMILES string of the molecule is CC1CCC(C#N)(N2C(=O)CSCC2=O)CC1. The van der Waals surface area contributed by atoms with Gasteiger partial charge in [0.25, 0.3) is 0 Å². The van der Waals surface area contributed by atoms with Crippen LogP contribution in [-0.4, -0.2) is 33.8 Å². The first kappa shape index (κ1) is 12.4. The number of hydrogen-bond donors (Lipinski definition) is 0. The number of rotatable bonds is 1. The van der Waals surface area contributed by atoms with Gasteiger partial charge >= 0.3 is 0 Å². The van der Waals surface area contributed by atoms with Crippen LogP contribution in [0.15, 0.2) is 0 Å². The zero-order valence-electron chi connectivity index (χ0n) is 9.94. The molecule has 2 fully saturated rings. The van der Waals surface area contributed by atoms with E-state index < -0.39 is 5.54 Å². The molecule has 1 heterocycles. The molecule has 2 rings (SSSR count). The quantitative estimate of drug-likeness (QED) is 0.664. The van der Waals surface area contributed by atoms with Gasteiger partial charge in [0.2, 0.25) is 11.8 Å². The van der Waals surface area contributed by atoms with Gasteiger partial charge in [-0.3, -0.25) is 14.5 Å². The number of hydrogen-bond acceptors (Lipinski definition) is 4. The largest absolute Gasteiger partial charge is 0.273 e. The Morgan fingerprint density at radius 1 is 1.29 bits per heavy atom. The standard InChI is InChI=1S/C12H16N2O2S/c1-9-2-4-12(8-13,5-3-9)14-10(15)6-17-7-11(14)16/h9H,2-7H2,1H3. The van der Waals surface area contributed by atoms with E-state index in [-0.39, 0.29) is 11.8 Å². The highest BCUT2D eigenvalue weighted by atomic mass is 32.2. The van der Waals surface area contributed by atoms with Gasteiger partial charge in [-0.1, -0.05) is 6.92 Å². The van der Waals surface area contributed by atoms with Crippen molar-refractivity contribution in [2.45, 2.75) is 38.1 Å². The Bertz CT molecular complexity index is 364. The molecule has 2 amide bonds. The van der Waals surface area contributed by atoms with Crippen LogP contribution in [0, 0.1) is 17.2 Å². The molecule has 1 saturated carbocycles. The van der Waals surface area contributed by atoms with E-state index in [9.17, 15) is 14.9 Å². The summed E-state index contributed by atoms with van der Waals surface area (Å²) in [6.07, 6.45) is 3.09. The van der Waals surface area contributed by atoms with Gasteiger partial charge < -0.3 is 0 Å². The molecular weight excluding hydrogens is 236 g/mol.